The minimum atomic E-state index is -0.684. The number of rotatable bonds is 9. The third kappa shape index (κ3) is 7.34. The van der Waals surface area contributed by atoms with E-state index in [9.17, 15) is 9.59 Å². The van der Waals surface area contributed by atoms with Gasteiger partial charge in [-0.05, 0) is 49.6 Å². The van der Waals surface area contributed by atoms with Crippen LogP contribution in [0.25, 0.3) is 0 Å². The Kier molecular flexibility index (Phi) is 9.14. The third-order valence-electron chi connectivity index (χ3n) is 5.48. The Morgan fingerprint density at radius 2 is 1.56 bits per heavy atom. The first kappa shape index (κ1) is 25.8. The van der Waals surface area contributed by atoms with Crippen molar-refractivity contribution in [3.05, 3.63) is 105 Å². The fourth-order valence-corrected chi connectivity index (χ4v) is 4.19. The lowest BCUT2D eigenvalue weighted by atomic mass is 10.0. The van der Waals surface area contributed by atoms with Crippen molar-refractivity contribution < 1.29 is 9.59 Å². The van der Waals surface area contributed by atoms with Crippen LogP contribution < -0.4 is 5.32 Å². The lowest BCUT2D eigenvalue weighted by molar-refractivity contribution is -0.141. The first-order chi connectivity index (χ1) is 16.2. The molecule has 0 unspecified atom stereocenters. The molecule has 0 spiro atoms. The highest BCUT2D eigenvalue weighted by Crippen LogP contribution is 2.24. The second-order valence-electron chi connectivity index (χ2n) is 8.80. The average Bonchev–Trinajstić information content (AvgIpc) is 2.78. The first-order valence-electron chi connectivity index (χ1n) is 11.4. The molecule has 0 saturated carbocycles. The highest BCUT2D eigenvalue weighted by Gasteiger charge is 2.30. The van der Waals surface area contributed by atoms with Crippen molar-refractivity contribution >= 4 is 35.0 Å². The second-order valence-corrected chi connectivity index (χ2v) is 9.62. The fourth-order valence-electron chi connectivity index (χ4n) is 3.87. The monoisotopic (exact) mass is 496 g/mol. The molecule has 6 heteroatoms. The lowest BCUT2D eigenvalue weighted by Gasteiger charge is -2.32. The van der Waals surface area contributed by atoms with Crippen molar-refractivity contribution in [1.82, 2.24) is 10.2 Å². The fraction of sp³-hybridized carbons (Fsp3) is 0.286. The molecule has 0 aliphatic rings. The molecule has 0 heterocycles. The van der Waals surface area contributed by atoms with Gasteiger partial charge in [0.15, 0.2) is 0 Å². The van der Waals surface area contributed by atoms with E-state index in [1.807, 2.05) is 81.4 Å². The SMILES string of the molecule is Cc1cccc(CC(=O)N(Cc2ccc(Cl)c(Cl)c2)[C@@H](Cc2ccccc2)C(=O)NC(C)C)c1. The quantitative estimate of drug-likeness (QED) is 0.394. The lowest BCUT2D eigenvalue weighted by Crippen LogP contribution is -2.52. The first-order valence-corrected chi connectivity index (χ1v) is 12.1. The number of nitrogens with one attached hydrogen (secondary N) is 1. The van der Waals surface area contributed by atoms with Crippen LogP contribution in [-0.2, 0) is 29.0 Å². The van der Waals surface area contributed by atoms with Crippen molar-refractivity contribution in [2.24, 2.45) is 0 Å². The molecule has 0 fully saturated rings. The number of hydrogen-bond donors (Lipinski definition) is 1. The van der Waals surface area contributed by atoms with Crippen molar-refractivity contribution in [3.63, 3.8) is 0 Å². The van der Waals surface area contributed by atoms with E-state index < -0.39 is 6.04 Å². The molecule has 1 N–H and O–H groups in total. The predicted molar refractivity (Wildman–Crippen MR) is 139 cm³/mol. The van der Waals surface area contributed by atoms with Crippen molar-refractivity contribution in [2.45, 2.75) is 52.2 Å². The topological polar surface area (TPSA) is 49.4 Å². The van der Waals surface area contributed by atoms with Gasteiger partial charge in [0.25, 0.3) is 0 Å². The summed E-state index contributed by atoms with van der Waals surface area (Å²) in [6.07, 6.45) is 0.601. The van der Waals surface area contributed by atoms with Gasteiger partial charge in [-0.25, -0.2) is 0 Å². The van der Waals surface area contributed by atoms with Crippen LogP contribution in [0.5, 0.6) is 0 Å². The summed E-state index contributed by atoms with van der Waals surface area (Å²) in [6.45, 7) is 6.06. The van der Waals surface area contributed by atoms with E-state index in [2.05, 4.69) is 5.32 Å². The van der Waals surface area contributed by atoms with E-state index in [0.717, 1.165) is 22.3 Å². The number of hydrogen-bond acceptors (Lipinski definition) is 2. The van der Waals surface area contributed by atoms with Gasteiger partial charge in [0.05, 0.1) is 16.5 Å². The van der Waals surface area contributed by atoms with Gasteiger partial charge in [0.2, 0.25) is 11.8 Å². The molecule has 1 atom stereocenters. The molecule has 0 aliphatic carbocycles. The molecule has 3 aromatic rings. The summed E-state index contributed by atoms with van der Waals surface area (Å²) in [6, 6.07) is 22.2. The van der Waals surface area contributed by atoms with Crippen molar-refractivity contribution in [1.29, 1.82) is 0 Å². The number of carbonyl (C=O) groups excluding carboxylic acids is 2. The van der Waals surface area contributed by atoms with Gasteiger partial charge in [0, 0.05) is 19.0 Å². The molecule has 4 nitrogen and oxygen atoms in total. The summed E-state index contributed by atoms with van der Waals surface area (Å²) in [4.78, 5) is 28.7. The Hall–Kier alpha value is -2.82. The maximum Gasteiger partial charge on any atom is 0.243 e. The normalized spacial score (nSPS) is 11.8. The van der Waals surface area contributed by atoms with Gasteiger partial charge >= 0.3 is 0 Å². The second kappa shape index (κ2) is 12.0. The molecular weight excluding hydrogens is 467 g/mol. The van der Waals surface area contributed by atoms with Gasteiger partial charge in [0.1, 0.15) is 6.04 Å². The molecule has 0 bridgehead atoms. The van der Waals surface area contributed by atoms with Crippen LogP contribution in [0.4, 0.5) is 0 Å². The third-order valence-corrected chi connectivity index (χ3v) is 6.22. The average molecular weight is 497 g/mol. The van der Waals surface area contributed by atoms with Crippen LogP contribution in [0.2, 0.25) is 10.0 Å². The number of benzene rings is 3. The number of amides is 2. The van der Waals surface area contributed by atoms with Crippen LogP contribution in [0.15, 0.2) is 72.8 Å². The summed E-state index contributed by atoms with van der Waals surface area (Å²) < 4.78 is 0. The number of aryl methyl sites for hydroxylation is 1. The van der Waals surface area contributed by atoms with Crippen LogP contribution in [0.1, 0.15) is 36.1 Å². The minimum absolute atomic E-state index is 0.0514. The largest absolute Gasteiger partial charge is 0.352 e. The van der Waals surface area contributed by atoms with Gasteiger partial charge in [-0.2, -0.15) is 0 Å². The standard InChI is InChI=1S/C28H30Cl2N2O2/c1-19(2)31-28(34)26(16-21-9-5-4-6-10-21)32(18-23-12-13-24(29)25(30)15-23)27(33)17-22-11-7-8-20(3)14-22/h4-15,19,26H,16-18H2,1-3H3,(H,31,34)/t26-/m0/s1. The zero-order chi connectivity index (χ0) is 24.7. The molecule has 178 valence electrons. The summed E-state index contributed by atoms with van der Waals surface area (Å²) in [5.41, 5.74) is 3.78. The zero-order valence-electron chi connectivity index (χ0n) is 19.7. The van der Waals surface area contributed by atoms with Crippen molar-refractivity contribution in [3.8, 4) is 0 Å². The zero-order valence-corrected chi connectivity index (χ0v) is 21.2. The van der Waals surface area contributed by atoms with E-state index in [-0.39, 0.29) is 30.8 Å². The number of halogens is 2. The molecule has 34 heavy (non-hydrogen) atoms. The molecule has 0 aromatic heterocycles. The highest BCUT2D eigenvalue weighted by molar-refractivity contribution is 6.42. The summed E-state index contributed by atoms with van der Waals surface area (Å²) in [7, 11) is 0. The Labute approximate surface area is 211 Å². The van der Waals surface area contributed by atoms with Crippen molar-refractivity contribution in [2.75, 3.05) is 0 Å². The Morgan fingerprint density at radius 1 is 0.853 bits per heavy atom. The van der Waals surface area contributed by atoms with Crippen LogP contribution in [0.3, 0.4) is 0 Å². The molecule has 0 aliphatic heterocycles. The molecule has 2 amide bonds. The van der Waals surface area contributed by atoms with Crippen LogP contribution >= 0.6 is 23.2 Å². The molecule has 3 rings (SSSR count). The molecular formula is C28H30Cl2N2O2. The van der Waals surface area contributed by atoms with Crippen LogP contribution in [-0.4, -0.2) is 28.8 Å². The molecule has 0 saturated heterocycles. The van der Waals surface area contributed by atoms with Gasteiger partial charge in [-0.1, -0.05) is 89.4 Å². The summed E-state index contributed by atoms with van der Waals surface area (Å²) in [5, 5.41) is 3.86. The number of carbonyl (C=O) groups is 2. The maximum absolute atomic E-state index is 13.7. The van der Waals surface area contributed by atoms with Gasteiger partial charge in [-0.15, -0.1) is 0 Å². The van der Waals surface area contributed by atoms with Gasteiger partial charge in [-0.3, -0.25) is 9.59 Å². The number of nitrogens with zero attached hydrogens (tertiary/aromatic N) is 1. The highest BCUT2D eigenvalue weighted by atomic mass is 35.5. The van der Waals surface area contributed by atoms with Gasteiger partial charge < -0.3 is 10.2 Å². The van der Waals surface area contributed by atoms with Crippen LogP contribution in [0, 0.1) is 6.92 Å². The minimum Gasteiger partial charge on any atom is -0.352 e. The van der Waals surface area contributed by atoms with E-state index in [0.29, 0.717) is 16.5 Å². The summed E-state index contributed by atoms with van der Waals surface area (Å²) >= 11 is 12.4. The predicted octanol–water partition coefficient (Wildman–Crippen LogP) is 6.01. The van der Waals surface area contributed by atoms with E-state index in [1.54, 1.807) is 17.0 Å². The molecule has 0 radical (unpaired) electrons. The smallest absolute Gasteiger partial charge is 0.243 e. The molecule has 3 aromatic carbocycles. The Bertz CT molecular complexity index is 1130. The Balaban J connectivity index is 1.99. The van der Waals surface area contributed by atoms with E-state index in [1.165, 1.54) is 0 Å². The maximum atomic E-state index is 13.7. The van der Waals surface area contributed by atoms with E-state index in [4.69, 9.17) is 23.2 Å². The van der Waals surface area contributed by atoms with E-state index >= 15 is 0 Å². The summed E-state index contributed by atoms with van der Waals surface area (Å²) in [5.74, 6) is -0.312. The Morgan fingerprint density at radius 3 is 2.21 bits per heavy atom.